The molecule has 0 aliphatic heterocycles. The Hall–Kier alpha value is -4.40. The molecule has 0 aliphatic rings. The van der Waals surface area contributed by atoms with Crippen molar-refractivity contribution in [1.29, 1.82) is 0 Å². The SMILES string of the molecule is O=C(CCCn1c(=O)oc2ccccc21)Nc1cccc(Cn2nc3ccccn3c2=O)c1. The Morgan fingerprint density at radius 1 is 1.00 bits per heavy atom. The van der Waals surface area contributed by atoms with Gasteiger partial charge in [0.05, 0.1) is 12.1 Å². The summed E-state index contributed by atoms with van der Waals surface area (Å²) in [6.45, 7) is 0.681. The minimum atomic E-state index is -0.425. The summed E-state index contributed by atoms with van der Waals surface area (Å²) in [6, 6.07) is 19.9. The number of hydrogen-bond donors (Lipinski definition) is 1. The van der Waals surface area contributed by atoms with E-state index in [1.54, 1.807) is 30.5 Å². The highest BCUT2D eigenvalue weighted by Gasteiger charge is 2.10. The molecule has 0 atom stereocenters. The number of fused-ring (bicyclic) bond motifs is 2. The average molecular weight is 443 g/mol. The van der Waals surface area contributed by atoms with Gasteiger partial charge in [0, 0.05) is 24.8 Å². The number of carbonyl (C=O) groups excluding carboxylic acids is 1. The van der Waals surface area contributed by atoms with Gasteiger partial charge in [-0.3, -0.25) is 13.8 Å². The molecule has 3 aromatic heterocycles. The van der Waals surface area contributed by atoms with E-state index in [0.29, 0.717) is 36.4 Å². The highest BCUT2D eigenvalue weighted by molar-refractivity contribution is 5.90. The van der Waals surface area contributed by atoms with E-state index in [9.17, 15) is 14.4 Å². The Kier molecular flexibility index (Phi) is 5.35. The molecule has 9 nitrogen and oxygen atoms in total. The van der Waals surface area contributed by atoms with Crippen molar-refractivity contribution in [2.75, 3.05) is 5.32 Å². The van der Waals surface area contributed by atoms with Crippen LogP contribution in [-0.4, -0.2) is 24.7 Å². The number of aryl methyl sites for hydroxylation is 1. The number of amides is 1. The molecule has 5 aromatic rings. The first-order valence-electron chi connectivity index (χ1n) is 10.6. The summed E-state index contributed by atoms with van der Waals surface area (Å²) < 4.78 is 9.63. The van der Waals surface area contributed by atoms with Gasteiger partial charge in [0.15, 0.2) is 11.2 Å². The second-order valence-electron chi connectivity index (χ2n) is 7.71. The van der Waals surface area contributed by atoms with E-state index in [4.69, 9.17) is 4.42 Å². The third-order valence-electron chi connectivity index (χ3n) is 5.39. The molecule has 0 saturated carbocycles. The topological polar surface area (TPSA) is 104 Å². The maximum Gasteiger partial charge on any atom is 0.419 e. The second kappa shape index (κ2) is 8.62. The van der Waals surface area contributed by atoms with Crippen molar-refractivity contribution in [1.82, 2.24) is 18.7 Å². The Morgan fingerprint density at radius 2 is 1.85 bits per heavy atom. The number of carbonyl (C=O) groups is 1. The third-order valence-corrected chi connectivity index (χ3v) is 5.39. The fourth-order valence-electron chi connectivity index (χ4n) is 3.84. The van der Waals surface area contributed by atoms with Crippen molar-refractivity contribution in [3.05, 3.63) is 99.5 Å². The van der Waals surface area contributed by atoms with Gasteiger partial charge >= 0.3 is 11.4 Å². The van der Waals surface area contributed by atoms with Gasteiger partial charge in [0.1, 0.15) is 0 Å². The van der Waals surface area contributed by atoms with Crippen LogP contribution < -0.4 is 16.8 Å². The van der Waals surface area contributed by atoms with Crippen molar-refractivity contribution >= 4 is 28.3 Å². The lowest BCUT2D eigenvalue weighted by molar-refractivity contribution is -0.116. The van der Waals surface area contributed by atoms with Gasteiger partial charge < -0.3 is 9.73 Å². The first kappa shape index (κ1) is 20.5. The van der Waals surface area contributed by atoms with E-state index in [0.717, 1.165) is 11.1 Å². The van der Waals surface area contributed by atoms with Gasteiger partial charge in [-0.05, 0) is 48.4 Å². The highest BCUT2D eigenvalue weighted by Crippen LogP contribution is 2.14. The maximum absolute atomic E-state index is 12.5. The predicted octanol–water partition coefficient (Wildman–Crippen LogP) is 2.87. The molecule has 0 saturated heterocycles. The minimum Gasteiger partial charge on any atom is -0.408 e. The van der Waals surface area contributed by atoms with Crippen molar-refractivity contribution in [3.63, 3.8) is 0 Å². The molecule has 166 valence electrons. The van der Waals surface area contributed by atoms with E-state index in [1.165, 1.54) is 13.6 Å². The lowest BCUT2D eigenvalue weighted by Crippen LogP contribution is -2.21. The number of nitrogens with zero attached hydrogens (tertiary/aromatic N) is 4. The number of nitrogens with one attached hydrogen (secondary N) is 1. The fraction of sp³-hybridized carbons (Fsp3) is 0.167. The van der Waals surface area contributed by atoms with Crippen LogP contribution >= 0.6 is 0 Å². The molecule has 0 spiro atoms. The lowest BCUT2D eigenvalue weighted by atomic mass is 10.2. The van der Waals surface area contributed by atoms with E-state index in [1.807, 2.05) is 42.5 Å². The quantitative estimate of drug-likeness (QED) is 0.417. The molecule has 1 N–H and O–H groups in total. The minimum absolute atomic E-state index is 0.155. The number of benzene rings is 2. The van der Waals surface area contributed by atoms with Crippen LogP contribution in [0.15, 0.2) is 86.9 Å². The zero-order valence-corrected chi connectivity index (χ0v) is 17.7. The van der Waals surface area contributed by atoms with Gasteiger partial charge in [-0.1, -0.05) is 30.3 Å². The zero-order chi connectivity index (χ0) is 22.8. The first-order valence-corrected chi connectivity index (χ1v) is 10.6. The number of hydrogen-bond acceptors (Lipinski definition) is 5. The van der Waals surface area contributed by atoms with E-state index >= 15 is 0 Å². The number of aromatic nitrogens is 4. The van der Waals surface area contributed by atoms with Gasteiger partial charge in [-0.2, -0.15) is 0 Å². The largest absolute Gasteiger partial charge is 0.419 e. The maximum atomic E-state index is 12.5. The van der Waals surface area contributed by atoms with Crippen LogP contribution in [0, 0.1) is 0 Å². The molecular formula is C24H21N5O4. The molecule has 0 radical (unpaired) electrons. The Balaban J connectivity index is 1.21. The fourth-order valence-corrected chi connectivity index (χ4v) is 3.84. The number of oxazole rings is 1. The zero-order valence-electron chi connectivity index (χ0n) is 17.7. The molecule has 5 rings (SSSR count). The number of anilines is 1. The summed E-state index contributed by atoms with van der Waals surface area (Å²) in [6.07, 6.45) is 2.42. The summed E-state index contributed by atoms with van der Waals surface area (Å²) in [5.74, 6) is -0.579. The number of rotatable bonds is 7. The van der Waals surface area contributed by atoms with Gasteiger partial charge in [0.25, 0.3) is 0 Å². The molecule has 33 heavy (non-hydrogen) atoms. The molecule has 0 bridgehead atoms. The molecule has 3 heterocycles. The normalized spacial score (nSPS) is 11.3. The van der Waals surface area contributed by atoms with Crippen LogP contribution in [0.2, 0.25) is 0 Å². The molecular weight excluding hydrogens is 422 g/mol. The monoisotopic (exact) mass is 443 g/mol. The smallest absolute Gasteiger partial charge is 0.408 e. The molecule has 1 amide bonds. The third kappa shape index (κ3) is 4.20. The molecule has 0 aliphatic carbocycles. The van der Waals surface area contributed by atoms with Crippen LogP contribution in [0.25, 0.3) is 16.7 Å². The standard InChI is InChI=1S/C24H21N5O4/c30-22(12-6-14-27-19-9-1-2-10-20(19)33-24(27)32)25-18-8-5-7-17(15-18)16-29-23(31)28-13-4-3-11-21(28)26-29/h1-5,7-11,13,15H,6,12,14,16H2,(H,25,30). The van der Waals surface area contributed by atoms with Crippen LogP contribution in [-0.2, 0) is 17.9 Å². The van der Waals surface area contributed by atoms with Crippen LogP contribution in [0.3, 0.4) is 0 Å². The van der Waals surface area contributed by atoms with E-state index in [-0.39, 0.29) is 18.0 Å². The summed E-state index contributed by atoms with van der Waals surface area (Å²) in [7, 11) is 0. The Labute approximate surface area is 187 Å². The van der Waals surface area contributed by atoms with Crippen LogP contribution in [0.5, 0.6) is 0 Å². The number of para-hydroxylation sites is 2. The molecule has 0 unspecified atom stereocenters. The first-order chi connectivity index (χ1) is 16.1. The van der Waals surface area contributed by atoms with Gasteiger partial charge in [0.2, 0.25) is 5.91 Å². The van der Waals surface area contributed by atoms with E-state index < -0.39 is 5.76 Å². The van der Waals surface area contributed by atoms with Crippen molar-refractivity contribution < 1.29 is 9.21 Å². The molecule has 2 aromatic carbocycles. The summed E-state index contributed by atoms with van der Waals surface area (Å²) in [5.41, 5.74) is 3.10. The Bertz CT molecular complexity index is 1570. The van der Waals surface area contributed by atoms with E-state index in [2.05, 4.69) is 10.4 Å². The van der Waals surface area contributed by atoms with Crippen molar-refractivity contribution in [2.45, 2.75) is 25.9 Å². The number of pyridine rings is 1. The van der Waals surface area contributed by atoms with Gasteiger partial charge in [-0.15, -0.1) is 5.10 Å². The molecule has 0 fully saturated rings. The predicted molar refractivity (Wildman–Crippen MR) is 123 cm³/mol. The van der Waals surface area contributed by atoms with Crippen LogP contribution in [0.4, 0.5) is 5.69 Å². The summed E-state index contributed by atoms with van der Waals surface area (Å²) in [5, 5.41) is 7.21. The van der Waals surface area contributed by atoms with Crippen LogP contribution in [0.1, 0.15) is 18.4 Å². The van der Waals surface area contributed by atoms with Gasteiger partial charge in [-0.25, -0.2) is 14.3 Å². The highest BCUT2D eigenvalue weighted by atomic mass is 16.4. The lowest BCUT2D eigenvalue weighted by Gasteiger charge is -2.08. The second-order valence-corrected chi connectivity index (χ2v) is 7.71. The molecule has 9 heteroatoms. The van der Waals surface area contributed by atoms with Crippen molar-refractivity contribution in [2.24, 2.45) is 0 Å². The van der Waals surface area contributed by atoms with Crippen molar-refractivity contribution in [3.8, 4) is 0 Å². The Morgan fingerprint density at radius 3 is 2.73 bits per heavy atom. The summed E-state index contributed by atoms with van der Waals surface area (Å²) >= 11 is 0. The average Bonchev–Trinajstić information content (AvgIpc) is 3.30. The summed E-state index contributed by atoms with van der Waals surface area (Å²) in [4.78, 5) is 37.0.